The van der Waals surface area contributed by atoms with Crippen molar-refractivity contribution in [3.05, 3.63) is 113 Å². The zero-order valence-corrected chi connectivity index (χ0v) is 19.7. The molecule has 36 heavy (non-hydrogen) atoms. The molecule has 4 aromatic rings. The third kappa shape index (κ3) is 4.05. The predicted octanol–water partition coefficient (Wildman–Crippen LogP) is 6.45. The maximum absolute atomic E-state index is 14.4. The van der Waals surface area contributed by atoms with Crippen molar-refractivity contribution in [3.8, 4) is 0 Å². The van der Waals surface area contributed by atoms with E-state index in [2.05, 4.69) is 4.90 Å². The summed E-state index contributed by atoms with van der Waals surface area (Å²) >= 11 is 0. The molecule has 182 valence electrons. The van der Waals surface area contributed by atoms with Crippen LogP contribution >= 0.6 is 0 Å². The molecular weight excluding hydrogens is 461 g/mol. The molecule has 1 amide bonds. The van der Waals surface area contributed by atoms with Crippen molar-refractivity contribution in [1.29, 1.82) is 0 Å². The van der Waals surface area contributed by atoms with Crippen molar-refractivity contribution in [2.45, 2.75) is 24.8 Å². The number of hydrogen-bond donors (Lipinski definition) is 0. The number of anilines is 1. The maximum Gasteiger partial charge on any atom is 0.258 e. The molecular formula is C30H25F3N2O. The minimum absolute atomic E-state index is 0.0943. The maximum atomic E-state index is 14.4. The number of fused-ring (bicyclic) bond motifs is 3. The van der Waals surface area contributed by atoms with Crippen LogP contribution in [-0.4, -0.2) is 30.4 Å². The second-order valence-electron chi connectivity index (χ2n) is 9.95. The standard InChI is InChI=1S/C30H25F3N2O/c31-24-7-8-28-27(17-24)30(9-11-34(12-10-30)18-20-13-25(32)16-26(33)14-20)19-35(28)29(36)23-6-5-21-3-1-2-4-22(21)15-23/h1-8,13-17H,9-12,18-19H2. The second kappa shape index (κ2) is 8.79. The molecule has 2 aliphatic rings. The van der Waals surface area contributed by atoms with E-state index in [-0.39, 0.29) is 17.1 Å². The second-order valence-corrected chi connectivity index (χ2v) is 9.95. The average molecular weight is 487 g/mol. The molecule has 0 N–H and O–H groups in total. The minimum atomic E-state index is -0.582. The van der Waals surface area contributed by atoms with E-state index in [9.17, 15) is 18.0 Å². The molecule has 0 aliphatic carbocycles. The first-order valence-electron chi connectivity index (χ1n) is 12.2. The van der Waals surface area contributed by atoms with Crippen LogP contribution in [0.5, 0.6) is 0 Å². The first kappa shape index (κ1) is 22.8. The highest BCUT2D eigenvalue weighted by Crippen LogP contribution is 2.48. The van der Waals surface area contributed by atoms with E-state index in [4.69, 9.17) is 0 Å². The summed E-state index contributed by atoms with van der Waals surface area (Å²) in [5.74, 6) is -1.57. The molecule has 0 radical (unpaired) electrons. The summed E-state index contributed by atoms with van der Waals surface area (Å²) in [6.45, 7) is 2.30. The summed E-state index contributed by atoms with van der Waals surface area (Å²) in [7, 11) is 0. The van der Waals surface area contributed by atoms with Crippen LogP contribution in [0.15, 0.2) is 78.9 Å². The monoisotopic (exact) mass is 486 g/mol. The Hall–Kier alpha value is -3.64. The Kier molecular flexibility index (Phi) is 5.56. The van der Waals surface area contributed by atoms with E-state index in [1.54, 1.807) is 17.0 Å². The molecule has 0 atom stereocenters. The molecule has 6 rings (SSSR count). The van der Waals surface area contributed by atoms with Gasteiger partial charge in [-0.15, -0.1) is 0 Å². The summed E-state index contributed by atoms with van der Waals surface area (Å²) < 4.78 is 41.7. The predicted molar refractivity (Wildman–Crippen MR) is 135 cm³/mol. The number of piperidine rings is 1. The zero-order chi connectivity index (χ0) is 24.9. The summed E-state index contributed by atoms with van der Waals surface area (Å²) in [5.41, 5.74) is 2.47. The molecule has 2 aliphatic heterocycles. The number of halogens is 3. The highest BCUT2D eigenvalue weighted by Gasteiger charge is 2.46. The van der Waals surface area contributed by atoms with Crippen molar-refractivity contribution >= 4 is 22.4 Å². The minimum Gasteiger partial charge on any atom is -0.307 e. The van der Waals surface area contributed by atoms with Crippen LogP contribution in [0.25, 0.3) is 10.8 Å². The fourth-order valence-corrected chi connectivity index (χ4v) is 5.83. The van der Waals surface area contributed by atoms with Gasteiger partial charge < -0.3 is 4.90 Å². The quantitative estimate of drug-likeness (QED) is 0.332. The van der Waals surface area contributed by atoms with Crippen LogP contribution in [0.4, 0.5) is 18.9 Å². The van der Waals surface area contributed by atoms with Gasteiger partial charge in [0.2, 0.25) is 0 Å². The summed E-state index contributed by atoms with van der Waals surface area (Å²) in [5, 5.41) is 2.07. The van der Waals surface area contributed by atoms with Gasteiger partial charge in [0.05, 0.1) is 0 Å². The van der Waals surface area contributed by atoms with E-state index < -0.39 is 11.6 Å². The van der Waals surface area contributed by atoms with Crippen LogP contribution < -0.4 is 4.90 Å². The Labute approximate surface area is 207 Å². The number of carbonyl (C=O) groups excluding carboxylic acids is 1. The van der Waals surface area contributed by atoms with Crippen molar-refractivity contribution in [2.75, 3.05) is 24.5 Å². The number of nitrogens with zero attached hydrogens (tertiary/aromatic N) is 2. The first-order valence-corrected chi connectivity index (χ1v) is 12.2. The molecule has 0 aromatic heterocycles. The van der Waals surface area contributed by atoms with Crippen LogP contribution in [0, 0.1) is 17.5 Å². The Bertz CT molecular complexity index is 1460. The molecule has 0 saturated carbocycles. The fourth-order valence-electron chi connectivity index (χ4n) is 5.83. The van der Waals surface area contributed by atoms with Crippen LogP contribution in [0.3, 0.4) is 0 Å². The Morgan fingerprint density at radius 3 is 2.25 bits per heavy atom. The number of rotatable bonds is 3. The lowest BCUT2D eigenvalue weighted by Gasteiger charge is -2.40. The average Bonchev–Trinajstić information content (AvgIpc) is 3.17. The topological polar surface area (TPSA) is 23.6 Å². The lowest BCUT2D eigenvalue weighted by molar-refractivity contribution is 0.0975. The van der Waals surface area contributed by atoms with E-state index >= 15 is 0 Å². The van der Waals surface area contributed by atoms with E-state index in [0.29, 0.717) is 37.3 Å². The molecule has 1 spiro atoms. The Balaban J connectivity index is 1.26. The van der Waals surface area contributed by atoms with Crippen molar-refractivity contribution in [2.24, 2.45) is 0 Å². The molecule has 2 heterocycles. The molecule has 0 unspecified atom stereocenters. The van der Waals surface area contributed by atoms with Gasteiger partial charge in [-0.2, -0.15) is 0 Å². The van der Waals surface area contributed by atoms with Gasteiger partial charge in [0.1, 0.15) is 17.5 Å². The summed E-state index contributed by atoms with van der Waals surface area (Å²) in [4.78, 5) is 17.6. The molecule has 4 aromatic carbocycles. The van der Waals surface area contributed by atoms with Gasteiger partial charge in [0.15, 0.2) is 0 Å². The fraction of sp³-hybridized carbons (Fsp3) is 0.233. The Morgan fingerprint density at radius 1 is 0.778 bits per heavy atom. The van der Waals surface area contributed by atoms with Crippen molar-refractivity contribution < 1.29 is 18.0 Å². The smallest absolute Gasteiger partial charge is 0.258 e. The normalized spacial score (nSPS) is 17.0. The van der Waals surface area contributed by atoms with Gasteiger partial charge in [-0.1, -0.05) is 30.3 Å². The largest absolute Gasteiger partial charge is 0.307 e. The summed E-state index contributed by atoms with van der Waals surface area (Å²) in [6, 6.07) is 21.9. The van der Waals surface area contributed by atoms with Gasteiger partial charge in [-0.05, 0) is 90.3 Å². The van der Waals surface area contributed by atoms with Crippen LogP contribution in [-0.2, 0) is 12.0 Å². The molecule has 1 saturated heterocycles. The number of amides is 1. The van der Waals surface area contributed by atoms with Gasteiger partial charge in [0.25, 0.3) is 5.91 Å². The van der Waals surface area contributed by atoms with Gasteiger partial charge in [-0.3, -0.25) is 9.69 Å². The number of carbonyl (C=O) groups is 1. The van der Waals surface area contributed by atoms with E-state index in [1.807, 2.05) is 42.5 Å². The number of benzene rings is 4. The molecule has 6 heteroatoms. The number of likely N-dealkylation sites (tertiary alicyclic amines) is 1. The third-order valence-corrected chi connectivity index (χ3v) is 7.66. The zero-order valence-electron chi connectivity index (χ0n) is 19.7. The first-order chi connectivity index (χ1) is 17.4. The lowest BCUT2D eigenvalue weighted by Crippen LogP contribution is -2.45. The lowest BCUT2D eigenvalue weighted by atomic mass is 9.74. The molecule has 1 fully saturated rings. The van der Waals surface area contributed by atoms with Gasteiger partial charge >= 0.3 is 0 Å². The van der Waals surface area contributed by atoms with Crippen molar-refractivity contribution in [1.82, 2.24) is 4.90 Å². The van der Waals surface area contributed by atoms with Gasteiger partial charge in [0, 0.05) is 35.8 Å². The number of hydrogen-bond acceptors (Lipinski definition) is 2. The SMILES string of the molecule is O=C(c1ccc2ccccc2c1)N1CC2(CCN(Cc3cc(F)cc(F)c3)CC2)c2cc(F)ccc21. The molecule has 0 bridgehead atoms. The van der Waals surface area contributed by atoms with Crippen LogP contribution in [0.2, 0.25) is 0 Å². The van der Waals surface area contributed by atoms with Crippen LogP contribution in [0.1, 0.15) is 34.3 Å². The van der Waals surface area contributed by atoms with Gasteiger partial charge in [-0.25, -0.2) is 13.2 Å². The van der Waals surface area contributed by atoms with E-state index in [0.717, 1.165) is 40.9 Å². The van der Waals surface area contributed by atoms with Crippen molar-refractivity contribution in [3.63, 3.8) is 0 Å². The highest BCUT2D eigenvalue weighted by atomic mass is 19.1. The summed E-state index contributed by atoms with van der Waals surface area (Å²) in [6.07, 6.45) is 1.45. The highest BCUT2D eigenvalue weighted by molar-refractivity contribution is 6.09. The Morgan fingerprint density at radius 2 is 1.50 bits per heavy atom. The molecule has 3 nitrogen and oxygen atoms in total. The third-order valence-electron chi connectivity index (χ3n) is 7.66. The van der Waals surface area contributed by atoms with E-state index in [1.165, 1.54) is 18.2 Å².